The number of hydrogen-bond donors (Lipinski definition) is 0. The molecule has 3 rings (SSSR count). The molecule has 8 heteroatoms. The van der Waals surface area contributed by atoms with Gasteiger partial charge in [-0.25, -0.2) is 12.8 Å². The maximum absolute atomic E-state index is 12.9. The monoisotopic (exact) mass is 372 g/mol. The second kappa shape index (κ2) is 7.41. The van der Waals surface area contributed by atoms with Gasteiger partial charge in [-0.05, 0) is 30.7 Å². The molecule has 2 aliphatic heterocycles. The number of hydrogen-bond acceptors (Lipinski definition) is 5. The second-order valence-electron chi connectivity index (χ2n) is 6.22. The van der Waals surface area contributed by atoms with Gasteiger partial charge in [-0.1, -0.05) is 0 Å². The normalized spacial score (nSPS) is 24.2. The zero-order valence-electron chi connectivity index (χ0n) is 13.4. The Bertz CT molecular complexity index is 686. The first kappa shape index (κ1) is 17.7. The highest BCUT2D eigenvalue weighted by Crippen LogP contribution is 2.21. The molecule has 1 atom stereocenters. The quantitative estimate of drug-likeness (QED) is 0.745. The summed E-state index contributed by atoms with van der Waals surface area (Å²) in [4.78, 5) is 17.2. The third-order valence-electron chi connectivity index (χ3n) is 4.57. The summed E-state index contributed by atoms with van der Waals surface area (Å²) in [6.07, 6.45) is 0.705. The zero-order chi connectivity index (χ0) is 17.2. The molecule has 1 aromatic rings. The van der Waals surface area contributed by atoms with E-state index in [0.717, 1.165) is 18.0 Å². The number of halogens is 1. The van der Waals surface area contributed by atoms with Crippen molar-refractivity contribution >= 4 is 27.5 Å². The van der Waals surface area contributed by atoms with Crippen LogP contribution >= 0.6 is 11.8 Å². The van der Waals surface area contributed by atoms with Crippen LogP contribution in [0.2, 0.25) is 0 Å². The second-order valence-corrected chi connectivity index (χ2v) is 9.49. The van der Waals surface area contributed by atoms with Crippen LogP contribution in [-0.2, 0) is 14.6 Å². The number of thioether (sulfide) groups is 1. The fraction of sp³-hybridized carbons (Fsp3) is 0.562. The molecule has 2 heterocycles. The molecule has 5 nitrogen and oxygen atoms in total. The van der Waals surface area contributed by atoms with E-state index in [-0.39, 0.29) is 29.3 Å². The van der Waals surface area contributed by atoms with Crippen molar-refractivity contribution < 1.29 is 17.6 Å². The predicted molar refractivity (Wildman–Crippen MR) is 92.3 cm³/mol. The first-order chi connectivity index (χ1) is 11.4. The minimum absolute atomic E-state index is 0.0722. The number of carbonyl (C=O) groups is 1. The van der Waals surface area contributed by atoms with Gasteiger partial charge in [0.15, 0.2) is 9.84 Å². The Kier molecular flexibility index (Phi) is 5.46. The summed E-state index contributed by atoms with van der Waals surface area (Å²) >= 11 is 1.41. The first-order valence-electron chi connectivity index (χ1n) is 8.03. The van der Waals surface area contributed by atoms with Crippen molar-refractivity contribution in [2.24, 2.45) is 0 Å². The smallest absolute Gasteiger partial charge is 0.233 e. The lowest BCUT2D eigenvalue weighted by Gasteiger charge is -2.37. The number of amides is 1. The van der Waals surface area contributed by atoms with E-state index < -0.39 is 9.84 Å². The summed E-state index contributed by atoms with van der Waals surface area (Å²) in [5, 5.41) is 0. The van der Waals surface area contributed by atoms with E-state index in [1.165, 1.54) is 23.9 Å². The summed E-state index contributed by atoms with van der Waals surface area (Å²) in [6.45, 7) is 2.74. The maximum Gasteiger partial charge on any atom is 0.233 e. The van der Waals surface area contributed by atoms with Crippen LogP contribution in [0.4, 0.5) is 4.39 Å². The van der Waals surface area contributed by atoms with E-state index in [0.29, 0.717) is 25.3 Å². The van der Waals surface area contributed by atoms with Gasteiger partial charge in [0.1, 0.15) is 5.82 Å². The third kappa shape index (κ3) is 4.49. The lowest BCUT2D eigenvalue weighted by molar-refractivity contribution is -0.130. The Morgan fingerprint density at radius 1 is 1.17 bits per heavy atom. The zero-order valence-corrected chi connectivity index (χ0v) is 15.0. The van der Waals surface area contributed by atoms with E-state index in [1.807, 2.05) is 4.90 Å². The Labute approximate surface area is 146 Å². The van der Waals surface area contributed by atoms with Gasteiger partial charge >= 0.3 is 0 Å². The number of piperazine rings is 1. The number of benzene rings is 1. The van der Waals surface area contributed by atoms with E-state index in [1.54, 1.807) is 12.1 Å². The summed E-state index contributed by atoms with van der Waals surface area (Å²) < 4.78 is 36.0. The summed E-state index contributed by atoms with van der Waals surface area (Å²) in [5.74, 6) is 0.661. The summed E-state index contributed by atoms with van der Waals surface area (Å²) in [6, 6.07) is 6.24. The number of carbonyl (C=O) groups excluding carboxylic acids is 1. The van der Waals surface area contributed by atoms with Crippen LogP contribution < -0.4 is 0 Å². The molecular weight excluding hydrogens is 351 g/mol. The van der Waals surface area contributed by atoms with Crippen LogP contribution in [-0.4, -0.2) is 73.6 Å². The average molecular weight is 372 g/mol. The van der Waals surface area contributed by atoms with Gasteiger partial charge in [0.25, 0.3) is 0 Å². The van der Waals surface area contributed by atoms with Gasteiger partial charge < -0.3 is 4.90 Å². The van der Waals surface area contributed by atoms with E-state index in [2.05, 4.69) is 4.90 Å². The van der Waals surface area contributed by atoms with Crippen molar-refractivity contribution in [2.45, 2.75) is 17.4 Å². The number of nitrogens with zero attached hydrogens (tertiary/aromatic N) is 2. The Morgan fingerprint density at radius 2 is 1.83 bits per heavy atom. The van der Waals surface area contributed by atoms with Crippen molar-refractivity contribution in [3.05, 3.63) is 30.1 Å². The molecule has 0 spiro atoms. The lowest BCUT2D eigenvalue weighted by Crippen LogP contribution is -2.52. The van der Waals surface area contributed by atoms with E-state index >= 15 is 0 Å². The molecule has 2 aliphatic rings. The lowest BCUT2D eigenvalue weighted by atomic mass is 10.2. The van der Waals surface area contributed by atoms with E-state index in [9.17, 15) is 17.6 Å². The molecule has 1 aromatic carbocycles. The highest BCUT2D eigenvalue weighted by Gasteiger charge is 2.34. The van der Waals surface area contributed by atoms with Gasteiger partial charge in [-0.2, -0.15) is 0 Å². The molecule has 2 saturated heterocycles. The molecule has 0 N–H and O–H groups in total. The SMILES string of the molecule is O=C(CSc1ccc(F)cc1)N1CCN([C@H]2CCS(=O)(=O)C2)CC1. The molecule has 0 radical (unpaired) electrons. The van der Waals surface area contributed by atoms with Crippen molar-refractivity contribution in [3.63, 3.8) is 0 Å². The third-order valence-corrected chi connectivity index (χ3v) is 7.31. The standard InChI is InChI=1S/C16H21FN2O3S2/c17-13-1-3-15(4-2-13)23-11-16(20)19-8-6-18(7-9-19)14-5-10-24(21,22)12-14/h1-4,14H,5-12H2/t14-/m0/s1. The molecule has 0 aliphatic carbocycles. The Hall–Kier alpha value is -1.12. The average Bonchev–Trinajstić information content (AvgIpc) is 2.94. The fourth-order valence-corrected chi connectivity index (χ4v) is 5.73. The number of rotatable bonds is 4. The van der Waals surface area contributed by atoms with Crippen molar-refractivity contribution in [2.75, 3.05) is 43.4 Å². The highest BCUT2D eigenvalue weighted by molar-refractivity contribution is 8.00. The molecule has 1 amide bonds. The molecule has 24 heavy (non-hydrogen) atoms. The topological polar surface area (TPSA) is 57.7 Å². The molecule has 0 unspecified atom stereocenters. The van der Waals surface area contributed by atoms with Gasteiger partial charge in [-0.15, -0.1) is 11.8 Å². The first-order valence-corrected chi connectivity index (χ1v) is 10.8. The van der Waals surface area contributed by atoms with Crippen molar-refractivity contribution in [1.82, 2.24) is 9.80 Å². The summed E-state index contributed by atoms with van der Waals surface area (Å²) in [5.41, 5.74) is 0. The summed E-state index contributed by atoms with van der Waals surface area (Å²) in [7, 11) is -2.87. The van der Waals surface area contributed by atoms with Crippen LogP contribution in [0.25, 0.3) is 0 Å². The van der Waals surface area contributed by atoms with Crippen molar-refractivity contribution in [1.29, 1.82) is 0 Å². The number of sulfone groups is 1. The van der Waals surface area contributed by atoms with Crippen LogP contribution in [0.5, 0.6) is 0 Å². The van der Waals surface area contributed by atoms with Crippen LogP contribution in [0.3, 0.4) is 0 Å². The Morgan fingerprint density at radius 3 is 2.42 bits per heavy atom. The predicted octanol–water partition coefficient (Wildman–Crippen LogP) is 1.25. The largest absolute Gasteiger partial charge is 0.339 e. The van der Waals surface area contributed by atoms with Gasteiger partial charge in [-0.3, -0.25) is 9.69 Å². The molecule has 132 valence electrons. The highest BCUT2D eigenvalue weighted by atomic mass is 32.2. The minimum Gasteiger partial charge on any atom is -0.339 e. The van der Waals surface area contributed by atoms with Gasteiger partial charge in [0, 0.05) is 37.1 Å². The van der Waals surface area contributed by atoms with Crippen molar-refractivity contribution in [3.8, 4) is 0 Å². The molecular formula is C16H21FN2O3S2. The van der Waals surface area contributed by atoms with E-state index in [4.69, 9.17) is 0 Å². The molecule has 2 fully saturated rings. The van der Waals surface area contributed by atoms with Crippen LogP contribution in [0, 0.1) is 5.82 Å². The van der Waals surface area contributed by atoms with Crippen LogP contribution in [0.15, 0.2) is 29.2 Å². The maximum atomic E-state index is 12.9. The molecule has 0 bridgehead atoms. The van der Waals surface area contributed by atoms with Gasteiger partial charge in [0.05, 0.1) is 17.3 Å². The Balaban J connectivity index is 1.44. The van der Waals surface area contributed by atoms with Gasteiger partial charge in [0.2, 0.25) is 5.91 Å². The minimum atomic E-state index is -2.87. The molecule has 0 aromatic heterocycles. The molecule has 0 saturated carbocycles. The van der Waals surface area contributed by atoms with Crippen LogP contribution in [0.1, 0.15) is 6.42 Å². The fourth-order valence-electron chi connectivity index (χ4n) is 3.17.